The number of methoxy groups -OCH3 is 2. The second kappa shape index (κ2) is 11.2. The highest BCUT2D eigenvalue weighted by atomic mass is 16.5. The minimum absolute atomic E-state index is 0.0119. The number of aliphatic hydroxyl groups is 1. The van der Waals surface area contributed by atoms with Gasteiger partial charge in [-0.15, -0.1) is 0 Å². The maximum atomic E-state index is 13.4. The summed E-state index contributed by atoms with van der Waals surface area (Å²) in [6.45, 7) is 4.76. The third-order valence-electron chi connectivity index (χ3n) is 6.03. The molecule has 1 unspecified atom stereocenters. The van der Waals surface area contributed by atoms with Crippen LogP contribution in [0.15, 0.2) is 72.6 Å². The van der Waals surface area contributed by atoms with E-state index in [1.165, 1.54) is 19.1 Å². The number of aliphatic hydroxyl groups excluding tert-OH is 1. The van der Waals surface area contributed by atoms with E-state index in [4.69, 9.17) is 14.2 Å². The van der Waals surface area contributed by atoms with E-state index in [1.54, 1.807) is 42.7 Å². The van der Waals surface area contributed by atoms with Crippen LogP contribution >= 0.6 is 0 Å². The first-order valence-electron chi connectivity index (χ1n) is 12.0. The highest BCUT2D eigenvalue weighted by Gasteiger charge is 2.46. The molecule has 192 valence electrons. The molecule has 4 rings (SSSR count). The molecule has 1 amide bonds. The van der Waals surface area contributed by atoms with E-state index in [1.807, 2.05) is 24.3 Å². The average molecular weight is 503 g/mol. The standard InChI is InChI=1S/C29H30N2O6/c1-18(2)17-37-22-9-5-8-20(13-22)26-25(27(32)21-10-11-23(35-3)24(14-21)36-4)28(33)29(34)31(26)16-19-7-6-12-30-15-19/h5-15,18,26,32H,16-17H2,1-4H3/b27-25+. The largest absolute Gasteiger partial charge is 0.507 e. The van der Waals surface area contributed by atoms with Gasteiger partial charge in [0.25, 0.3) is 11.7 Å². The van der Waals surface area contributed by atoms with Crippen LogP contribution < -0.4 is 14.2 Å². The van der Waals surface area contributed by atoms with E-state index in [0.717, 1.165) is 5.56 Å². The minimum atomic E-state index is -0.837. The van der Waals surface area contributed by atoms with E-state index >= 15 is 0 Å². The van der Waals surface area contributed by atoms with Gasteiger partial charge in [0.1, 0.15) is 11.5 Å². The Morgan fingerprint density at radius 2 is 1.81 bits per heavy atom. The van der Waals surface area contributed by atoms with Crippen LogP contribution in [-0.4, -0.2) is 47.5 Å². The van der Waals surface area contributed by atoms with Gasteiger partial charge in [0.15, 0.2) is 11.5 Å². The van der Waals surface area contributed by atoms with Crippen LogP contribution in [0.1, 0.15) is 36.6 Å². The molecular weight excluding hydrogens is 472 g/mol. The van der Waals surface area contributed by atoms with E-state index in [0.29, 0.717) is 40.9 Å². The number of Topliss-reactive ketones (excluding diaryl/α,β-unsaturated/α-hetero) is 1. The molecule has 1 aliphatic rings. The summed E-state index contributed by atoms with van der Waals surface area (Å²) in [4.78, 5) is 32.3. The zero-order valence-corrected chi connectivity index (χ0v) is 21.3. The Morgan fingerprint density at radius 1 is 1.03 bits per heavy atom. The van der Waals surface area contributed by atoms with Crippen molar-refractivity contribution in [3.63, 3.8) is 0 Å². The molecule has 1 aliphatic heterocycles. The molecular formula is C29H30N2O6. The molecule has 2 heterocycles. The predicted octanol–water partition coefficient (Wildman–Crippen LogP) is 4.76. The average Bonchev–Trinajstić information content (AvgIpc) is 3.16. The van der Waals surface area contributed by atoms with Crippen molar-refractivity contribution in [1.29, 1.82) is 0 Å². The van der Waals surface area contributed by atoms with Gasteiger partial charge < -0.3 is 24.2 Å². The number of hydrogen-bond donors (Lipinski definition) is 1. The van der Waals surface area contributed by atoms with Crippen LogP contribution in [0.5, 0.6) is 17.2 Å². The molecule has 1 saturated heterocycles. The van der Waals surface area contributed by atoms with Crippen molar-refractivity contribution < 1.29 is 28.9 Å². The number of nitrogens with zero attached hydrogens (tertiary/aromatic N) is 2. The van der Waals surface area contributed by atoms with Gasteiger partial charge >= 0.3 is 0 Å². The molecule has 1 atom stereocenters. The lowest BCUT2D eigenvalue weighted by molar-refractivity contribution is -0.140. The number of likely N-dealkylation sites (tertiary alicyclic amines) is 1. The molecule has 0 saturated carbocycles. The van der Waals surface area contributed by atoms with Gasteiger partial charge in [-0.25, -0.2) is 0 Å². The lowest BCUT2D eigenvalue weighted by Crippen LogP contribution is -2.29. The zero-order chi connectivity index (χ0) is 26.5. The fourth-order valence-electron chi connectivity index (χ4n) is 4.25. The Balaban J connectivity index is 1.85. The number of aromatic nitrogens is 1. The number of carbonyl (C=O) groups excluding carboxylic acids is 2. The molecule has 0 spiro atoms. The quantitative estimate of drug-likeness (QED) is 0.256. The second-order valence-corrected chi connectivity index (χ2v) is 9.14. The fraction of sp³-hybridized carbons (Fsp3) is 0.276. The summed E-state index contributed by atoms with van der Waals surface area (Å²) in [6.07, 6.45) is 3.29. The number of benzene rings is 2. The summed E-state index contributed by atoms with van der Waals surface area (Å²) in [7, 11) is 2.99. The summed E-state index contributed by atoms with van der Waals surface area (Å²) in [5.74, 6) is 0.0270. The molecule has 1 fully saturated rings. The summed E-state index contributed by atoms with van der Waals surface area (Å²) in [5, 5.41) is 11.4. The normalized spacial score (nSPS) is 16.8. The summed E-state index contributed by atoms with van der Waals surface area (Å²) in [6, 6.07) is 14.8. The van der Waals surface area contributed by atoms with Crippen LogP contribution in [0.4, 0.5) is 0 Å². The number of ketones is 1. The molecule has 0 aliphatic carbocycles. The highest BCUT2D eigenvalue weighted by Crippen LogP contribution is 2.42. The Hall–Kier alpha value is -4.33. The van der Waals surface area contributed by atoms with Crippen molar-refractivity contribution in [2.45, 2.75) is 26.4 Å². The molecule has 1 aromatic heterocycles. The van der Waals surface area contributed by atoms with Gasteiger partial charge in [-0.3, -0.25) is 14.6 Å². The molecule has 8 nitrogen and oxygen atoms in total. The van der Waals surface area contributed by atoms with Gasteiger partial charge in [0, 0.05) is 24.5 Å². The van der Waals surface area contributed by atoms with Crippen LogP contribution in [0.25, 0.3) is 5.76 Å². The Kier molecular flexibility index (Phi) is 7.77. The summed E-state index contributed by atoms with van der Waals surface area (Å²) >= 11 is 0. The van der Waals surface area contributed by atoms with Gasteiger partial charge in [-0.05, 0) is 53.4 Å². The van der Waals surface area contributed by atoms with Crippen molar-refractivity contribution >= 4 is 17.4 Å². The molecule has 8 heteroatoms. The smallest absolute Gasteiger partial charge is 0.295 e. The highest BCUT2D eigenvalue weighted by molar-refractivity contribution is 6.46. The number of pyridine rings is 1. The first kappa shape index (κ1) is 25.8. The van der Waals surface area contributed by atoms with Crippen molar-refractivity contribution in [3.05, 3.63) is 89.3 Å². The maximum Gasteiger partial charge on any atom is 0.295 e. The zero-order valence-electron chi connectivity index (χ0n) is 21.3. The maximum absolute atomic E-state index is 13.4. The summed E-state index contributed by atoms with van der Waals surface area (Å²) < 4.78 is 16.6. The topological polar surface area (TPSA) is 98.2 Å². The van der Waals surface area contributed by atoms with Crippen molar-refractivity contribution in [3.8, 4) is 17.2 Å². The predicted molar refractivity (Wildman–Crippen MR) is 138 cm³/mol. The number of rotatable bonds is 9. The lowest BCUT2D eigenvalue weighted by Gasteiger charge is -2.26. The van der Waals surface area contributed by atoms with Gasteiger partial charge in [0.05, 0.1) is 32.4 Å². The third kappa shape index (κ3) is 5.43. The van der Waals surface area contributed by atoms with Crippen molar-refractivity contribution in [2.75, 3.05) is 20.8 Å². The molecule has 0 radical (unpaired) electrons. The van der Waals surface area contributed by atoms with E-state index < -0.39 is 17.7 Å². The van der Waals surface area contributed by atoms with E-state index in [2.05, 4.69) is 18.8 Å². The molecule has 0 bridgehead atoms. The van der Waals surface area contributed by atoms with Gasteiger partial charge in [0.2, 0.25) is 0 Å². The number of amides is 1. The monoisotopic (exact) mass is 502 g/mol. The van der Waals surface area contributed by atoms with Gasteiger partial charge in [-0.1, -0.05) is 32.0 Å². The summed E-state index contributed by atoms with van der Waals surface area (Å²) in [5.41, 5.74) is 1.72. The number of ether oxygens (including phenoxy) is 3. The molecule has 37 heavy (non-hydrogen) atoms. The van der Waals surface area contributed by atoms with E-state index in [9.17, 15) is 14.7 Å². The first-order valence-corrected chi connectivity index (χ1v) is 12.0. The molecule has 3 aromatic rings. The lowest BCUT2D eigenvalue weighted by atomic mass is 9.95. The molecule has 1 N–H and O–H groups in total. The van der Waals surface area contributed by atoms with Crippen molar-refractivity contribution in [1.82, 2.24) is 9.88 Å². The number of hydrogen-bond acceptors (Lipinski definition) is 7. The van der Waals surface area contributed by atoms with Gasteiger partial charge in [-0.2, -0.15) is 0 Å². The van der Waals surface area contributed by atoms with Crippen LogP contribution in [0, 0.1) is 5.92 Å². The van der Waals surface area contributed by atoms with Crippen LogP contribution in [0.2, 0.25) is 0 Å². The third-order valence-corrected chi connectivity index (χ3v) is 6.03. The Morgan fingerprint density at radius 3 is 2.49 bits per heavy atom. The first-order chi connectivity index (χ1) is 17.8. The number of carbonyl (C=O) groups is 2. The fourth-order valence-corrected chi connectivity index (χ4v) is 4.25. The van der Waals surface area contributed by atoms with Crippen LogP contribution in [-0.2, 0) is 16.1 Å². The van der Waals surface area contributed by atoms with Crippen LogP contribution in [0.3, 0.4) is 0 Å². The van der Waals surface area contributed by atoms with Crippen molar-refractivity contribution in [2.24, 2.45) is 5.92 Å². The Labute approximate surface area is 216 Å². The Bertz CT molecular complexity index is 1320. The minimum Gasteiger partial charge on any atom is -0.507 e. The SMILES string of the molecule is COc1ccc(/C(O)=C2\C(=O)C(=O)N(Cc3cccnc3)C2c2cccc(OCC(C)C)c2)cc1OC. The van der Waals surface area contributed by atoms with E-state index in [-0.39, 0.29) is 17.9 Å². The second-order valence-electron chi connectivity index (χ2n) is 9.14. The molecule has 2 aromatic carbocycles.